The van der Waals surface area contributed by atoms with Gasteiger partial charge in [-0.2, -0.15) is 0 Å². The molecule has 8 nitrogen and oxygen atoms in total. The van der Waals surface area contributed by atoms with Gasteiger partial charge in [0.15, 0.2) is 0 Å². The monoisotopic (exact) mass is 467 g/mol. The molecule has 2 heterocycles. The molecule has 2 aromatic heterocycles. The highest BCUT2D eigenvalue weighted by atomic mass is 32.2. The summed E-state index contributed by atoms with van der Waals surface area (Å²) in [5.74, 6) is 0.285. The lowest BCUT2D eigenvalue weighted by Crippen LogP contribution is -2.44. The Bertz CT molecular complexity index is 1270. The predicted molar refractivity (Wildman–Crippen MR) is 128 cm³/mol. The molecule has 0 bridgehead atoms. The van der Waals surface area contributed by atoms with Gasteiger partial charge in [0.1, 0.15) is 11.5 Å². The van der Waals surface area contributed by atoms with E-state index in [0.29, 0.717) is 29.8 Å². The van der Waals surface area contributed by atoms with E-state index < -0.39 is 15.6 Å². The van der Waals surface area contributed by atoms with E-state index in [2.05, 4.69) is 14.7 Å². The van der Waals surface area contributed by atoms with Crippen LogP contribution in [-0.2, 0) is 10.0 Å². The first-order chi connectivity index (χ1) is 15.7. The minimum Gasteiger partial charge on any atom is -0.389 e. The van der Waals surface area contributed by atoms with Gasteiger partial charge in [0.05, 0.1) is 22.4 Å². The molecule has 174 valence electrons. The normalized spacial score (nSPS) is 16.0. The van der Waals surface area contributed by atoms with Crippen molar-refractivity contribution in [3.8, 4) is 22.5 Å². The number of nitrogen functional groups attached to an aromatic ring is 1. The molecule has 0 atom stereocenters. The van der Waals surface area contributed by atoms with Gasteiger partial charge in [-0.05, 0) is 56.5 Å². The quantitative estimate of drug-likeness (QED) is 0.506. The summed E-state index contributed by atoms with van der Waals surface area (Å²) in [5.41, 5.74) is 9.26. The van der Waals surface area contributed by atoms with Gasteiger partial charge in [0.2, 0.25) is 10.0 Å². The van der Waals surface area contributed by atoms with Gasteiger partial charge in [0.25, 0.3) is 0 Å². The van der Waals surface area contributed by atoms with Gasteiger partial charge in [-0.15, -0.1) is 0 Å². The number of aliphatic hydroxyl groups is 1. The molecule has 4 rings (SSSR count). The summed E-state index contributed by atoms with van der Waals surface area (Å²) in [6.45, 7) is 3.77. The number of aromatic nitrogens is 3. The van der Waals surface area contributed by atoms with Crippen molar-refractivity contribution in [2.45, 2.75) is 56.4 Å². The van der Waals surface area contributed by atoms with E-state index in [4.69, 9.17) is 10.7 Å². The Balaban J connectivity index is 1.65. The van der Waals surface area contributed by atoms with Gasteiger partial charge in [-0.1, -0.05) is 25.3 Å². The number of hydrogen-bond donors (Lipinski definition) is 3. The van der Waals surface area contributed by atoms with Gasteiger partial charge >= 0.3 is 0 Å². The van der Waals surface area contributed by atoms with E-state index in [9.17, 15) is 13.5 Å². The molecule has 0 amide bonds. The van der Waals surface area contributed by atoms with Crippen molar-refractivity contribution in [1.29, 1.82) is 0 Å². The van der Waals surface area contributed by atoms with Gasteiger partial charge in [-0.3, -0.25) is 4.98 Å². The van der Waals surface area contributed by atoms with Crippen molar-refractivity contribution < 1.29 is 13.5 Å². The Hall–Kier alpha value is -2.88. The van der Waals surface area contributed by atoms with Crippen molar-refractivity contribution in [2.75, 3.05) is 12.3 Å². The summed E-state index contributed by atoms with van der Waals surface area (Å²) in [4.78, 5) is 13.3. The molecule has 0 spiro atoms. The number of benzene rings is 1. The maximum Gasteiger partial charge on any atom is 0.240 e. The molecule has 1 aliphatic rings. The average molecular weight is 468 g/mol. The van der Waals surface area contributed by atoms with Gasteiger partial charge in [0, 0.05) is 29.6 Å². The second-order valence-electron chi connectivity index (χ2n) is 8.76. The van der Waals surface area contributed by atoms with Crippen LogP contribution in [0.5, 0.6) is 0 Å². The fourth-order valence-electron chi connectivity index (χ4n) is 4.18. The molecule has 0 radical (unpaired) electrons. The average Bonchev–Trinajstić information content (AvgIpc) is 2.79. The molecule has 0 aliphatic heterocycles. The molecule has 1 fully saturated rings. The van der Waals surface area contributed by atoms with Crippen molar-refractivity contribution >= 4 is 15.8 Å². The molecule has 3 aromatic rings. The first kappa shape index (κ1) is 23.3. The van der Waals surface area contributed by atoms with Crippen molar-refractivity contribution in [2.24, 2.45) is 0 Å². The van der Waals surface area contributed by atoms with Crippen LogP contribution in [0.2, 0.25) is 0 Å². The maximum atomic E-state index is 13.0. The fraction of sp³-hybridized carbons (Fsp3) is 0.375. The third-order valence-electron chi connectivity index (χ3n) is 6.14. The lowest BCUT2D eigenvalue weighted by Gasteiger charge is -2.32. The SMILES string of the molecule is Cc1cc(-c2nc(-c3cc(S(=O)(=O)NCC4(O)CCCCC4)ccc3C)cnc2N)ccn1. The number of nitrogens with two attached hydrogens (primary N) is 1. The highest BCUT2D eigenvalue weighted by molar-refractivity contribution is 7.89. The van der Waals surface area contributed by atoms with E-state index in [-0.39, 0.29) is 17.3 Å². The highest BCUT2D eigenvalue weighted by Gasteiger charge is 2.31. The summed E-state index contributed by atoms with van der Waals surface area (Å²) < 4.78 is 28.6. The fourth-order valence-corrected chi connectivity index (χ4v) is 5.32. The van der Waals surface area contributed by atoms with E-state index in [1.165, 1.54) is 0 Å². The summed E-state index contributed by atoms with van der Waals surface area (Å²) in [5, 5.41) is 10.7. The summed E-state index contributed by atoms with van der Waals surface area (Å²) in [7, 11) is -3.81. The number of anilines is 1. The summed E-state index contributed by atoms with van der Waals surface area (Å²) in [6.07, 6.45) is 7.32. The van der Waals surface area contributed by atoms with Crippen molar-refractivity contribution in [1.82, 2.24) is 19.7 Å². The maximum absolute atomic E-state index is 13.0. The Labute approximate surface area is 194 Å². The van der Waals surface area contributed by atoms with E-state index >= 15 is 0 Å². The summed E-state index contributed by atoms with van der Waals surface area (Å²) >= 11 is 0. The molecule has 1 aromatic carbocycles. The second-order valence-corrected chi connectivity index (χ2v) is 10.5. The van der Waals surface area contributed by atoms with Crippen molar-refractivity contribution in [3.63, 3.8) is 0 Å². The zero-order valence-corrected chi connectivity index (χ0v) is 19.7. The van der Waals surface area contributed by atoms with Crippen molar-refractivity contribution in [3.05, 3.63) is 54.0 Å². The molecule has 9 heteroatoms. The van der Waals surface area contributed by atoms with E-state index in [1.54, 1.807) is 30.6 Å². The van der Waals surface area contributed by atoms with Crippen LogP contribution in [0.15, 0.2) is 47.6 Å². The lowest BCUT2D eigenvalue weighted by atomic mass is 9.85. The molecule has 0 saturated heterocycles. The van der Waals surface area contributed by atoms with Crippen LogP contribution >= 0.6 is 0 Å². The molecule has 1 saturated carbocycles. The van der Waals surface area contributed by atoms with Crippen LogP contribution in [0, 0.1) is 13.8 Å². The van der Waals surface area contributed by atoms with Crippen LogP contribution in [-0.4, -0.2) is 40.6 Å². The predicted octanol–water partition coefficient (Wildman–Crippen LogP) is 3.38. The zero-order valence-electron chi connectivity index (χ0n) is 18.9. The lowest BCUT2D eigenvalue weighted by molar-refractivity contribution is 0.00945. The Morgan fingerprint density at radius 1 is 1.09 bits per heavy atom. The molecular weight excluding hydrogens is 438 g/mol. The first-order valence-electron chi connectivity index (χ1n) is 11.1. The Kier molecular flexibility index (Phi) is 6.47. The Morgan fingerprint density at radius 2 is 1.85 bits per heavy atom. The molecule has 4 N–H and O–H groups in total. The topological polar surface area (TPSA) is 131 Å². The van der Waals surface area contributed by atoms with Gasteiger partial charge in [-0.25, -0.2) is 23.1 Å². The number of nitrogens with zero attached hydrogens (tertiary/aromatic N) is 3. The second kappa shape index (κ2) is 9.17. The largest absolute Gasteiger partial charge is 0.389 e. The molecule has 33 heavy (non-hydrogen) atoms. The highest BCUT2D eigenvalue weighted by Crippen LogP contribution is 2.30. The standard InChI is InChI=1S/C24H29N5O3S/c1-16-6-7-19(33(31,32)28-15-24(30)9-4-3-5-10-24)13-20(16)21-14-27-23(25)22(29-21)18-8-11-26-17(2)12-18/h6-8,11-14,28,30H,3-5,9-10,15H2,1-2H3,(H2,25,27). The zero-order chi connectivity index (χ0) is 23.6. The minimum atomic E-state index is -3.81. The number of aryl methyl sites for hydroxylation is 2. The van der Waals surface area contributed by atoms with E-state index in [0.717, 1.165) is 36.1 Å². The van der Waals surface area contributed by atoms with E-state index in [1.807, 2.05) is 26.0 Å². The van der Waals surface area contributed by atoms with Gasteiger partial charge < -0.3 is 10.8 Å². The number of hydrogen-bond acceptors (Lipinski definition) is 7. The van der Waals surface area contributed by atoms with Crippen LogP contribution in [0.1, 0.15) is 43.4 Å². The molecule has 1 aliphatic carbocycles. The molecular formula is C24H29N5O3S. The third-order valence-corrected chi connectivity index (χ3v) is 7.54. The number of nitrogens with one attached hydrogen (secondary N) is 1. The van der Waals surface area contributed by atoms with Crippen LogP contribution in [0.25, 0.3) is 22.5 Å². The number of sulfonamides is 1. The summed E-state index contributed by atoms with van der Waals surface area (Å²) in [6, 6.07) is 8.57. The van der Waals surface area contributed by atoms with Crippen LogP contribution in [0.4, 0.5) is 5.82 Å². The van der Waals surface area contributed by atoms with Crippen LogP contribution < -0.4 is 10.5 Å². The number of rotatable bonds is 6. The van der Waals surface area contributed by atoms with Crippen LogP contribution in [0.3, 0.4) is 0 Å². The molecule has 0 unspecified atom stereocenters. The number of pyridine rings is 1. The third kappa shape index (κ3) is 5.21. The Morgan fingerprint density at radius 3 is 2.58 bits per heavy atom. The smallest absolute Gasteiger partial charge is 0.240 e. The minimum absolute atomic E-state index is 0.00572. The first-order valence-corrected chi connectivity index (χ1v) is 12.5.